The van der Waals surface area contributed by atoms with Gasteiger partial charge in [0.1, 0.15) is 12.2 Å². The number of quaternary nitrogens is 1. The molecule has 170 valence electrons. The van der Waals surface area contributed by atoms with Crippen LogP contribution in [-0.2, 0) is 23.8 Å². The Morgan fingerprint density at radius 2 is 2.03 bits per heavy atom. The second kappa shape index (κ2) is 8.76. The molecule has 2 aliphatic rings. The number of allylic oxidation sites excluding steroid dienone is 1. The van der Waals surface area contributed by atoms with E-state index >= 15 is 0 Å². The van der Waals surface area contributed by atoms with Crippen molar-refractivity contribution in [1.82, 2.24) is 0 Å². The van der Waals surface area contributed by atoms with Crippen molar-refractivity contribution in [3.8, 4) is 0 Å². The number of nitrogens with zero attached hydrogens (tertiary/aromatic N) is 1. The Kier molecular flexibility index (Phi) is 7.15. The number of rotatable bonds is 8. The molecule has 0 radical (unpaired) electrons. The molecule has 1 saturated heterocycles. The summed E-state index contributed by atoms with van der Waals surface area (Å²) < 4.78 is 15.4. The molecule has 2 rings (SSSR count). The van der Waals surface area contributed by atoms with Gasteiger partial charge in [0.15, 0.2) is 12.1 Å². The number of esters is 2. The van der Waals surface area contributed by atoms with Crippen molar-refractivity contribution in [2.75, 3.05) is 26.8 Å². The second-order valence-electron chi connectivity index (χ2n) is 8.57. The summed E-state index contributed by atoms with van der Waals surface area (Å²) in [6, 6.07) is -0.665. The monoisotopic (exact) mass is 427 g/mol. The molecule has 2 aliphatic heterocycles. The Morgan fingerprint density at radius 1 is 1.40 bits per heavy atom. The normalized spacial score (nSPS) is 29.6. The first-order valence-electron chi connectivity index (χ1n) is 10.1. The lowest BCUT2D eigenvalue weighted by atomic mass is 9.81. The quantitative estimate of drug-likeness (QED) is 0.193. The highest BCUT2D eigenvalue weighted by Gasteiger charge is 2.56. The number of aliphatic hydroxyl groups is 2. The van der Waals surface area contributed by atoms with Gasteiger partial charge in [-0.1, -0.05) is 6.08 Å². The molecule has 0 aromatic rings. The third-order valence-electron chi connectivity index (χ3n) is 6.26. The molecule has 0 aliphatic carbocycles. The van der Waals surface area contributed by atoms with Crippen LogP contribution in [0.15, 0.2) is 23.3 Å². The highest BCUT2D eigenvalue weighted by atomic mass is 16.6. The van der Waals surface area contributed by atoms with E-state index in [0.29, 0.717) is 24.1 Å². The van der Waals surface area contributed by atoms with Crippen LogP contribution in [-0.4, -0.2) is 83.1 Å². The van der Waals surface area contributed by atoms with E-state index in [2.05, 4.69) is 0 Å². The van der Waals surface area contributed by atoms with Gasteiger partial charge >= 0.3 is 11.9 Å². The molecular weight excluding hydrogens is 394 g/mol. The summed E-state index contributed by atoms with van der Waals surface area (Å²) in [7, 11) is 1.31. The van der Waals surface area contributed by atoms with E-state index in [9.17, 15) is 25.0 Å². The number of fused-ring (bicyclic) bond motifs is 1. The molecule has 5 atom stereocenters. The van der Waals surface area contributed by atoms with Gasteiger partial charge in [-0.3, -0.25) is 0 Å². The zero-order valence-electron chi connectivity index (χ0n) is 18.5. The Bertz CT molecular complexity index is 740. The average Bonchev–Trinajstić information content (AvgIpc) is 3.18. The minimum atomic E-state index is -2.31. The highest BCUT2D eigenvalue weighted by molar-refractivity contribution is 5.87. The largest absolute Gasteiger partial charge is 0.632 e. The van der Waals surface area contributed by atoms with Crippen LogP contribution in [0.1, 0.15) is 41.0 Å². The molecule has 0 unspecified atom stereocenters. The van der Waals surface area contributed by atoms with Gasteiger partial charge in [0.05, 0.1) is 19.2 Å². The zero-order valence-corrected chi connectivity index (χ0v) is 18.5. The minimum Gasteiger partial charge on any atom is -0.632 e. The van der Waals surface area contributed by atoms with Crippen LogP contribution in [0.2, 0.25) is 0 Å². The molecule has 30 heavy (non-hydrogen) atoms. The summed E-state index contributed by atoms with van der Waals surface area (Å²) in [6.07, 6.45) is 2.08. The lowest BCUT2D eigenvalue weighted by Gasteiger charge is -2.41. The fourth-order valence-corrected chi connectivity index (χ4v) is 4.04. The van der Waals surface area contributed by atoms with Crippen LogP contribution in [0.25, 0.3) is 0 Å². The molecule has 0 amide bonds. The van der Waals surface area contributed by atoms with E-state index in [1.807, 2.05) is 0 Å². The van der Waals surface area contributed by atoms with Crippen molar-refractivity contribution in [3.05, 3.63) is 28.5 Å². The zero-order chi connectivity index (χ0) is 22.9. The van der Waals surface area contributed by atoms with Crippen LogP contribution in [0.5, 0.6) is 0 Å². The molecule has 9 nitrogen and oxygen atoms in total. The van der Waals surface area contributed by atoms with Crippen molar-refractivity contribution in [1.29, 1.82) is 0 Å². The number of carbonyl (C=O) groups is 2. The summed E-state index contributed by atoms with van der Waals surface area (Å²) in [5.74, 6) is -1.54. The molecule has 0 saturated carbocycles. The van der Waals surface area contributed by atoms with Crippen molar-refractivity contribution < 1.29 is 38.7 Å². The molecule has 2 N–H and O–H groups in total. The highest BCUT2D eigenvalue weighted by Crippen LogP contribution is 2.38. The van der Waals surface area contributed by atoms with Gasteiger partial charge in [-0.05, 0) is 40.7 Å². The van der Waals surface area contributed by atoms with Crippen molar-refractivity contribution in [3.63, 3.8) is 0 Å². The topological polar surface area (TPSA) is 125 Å². The number of ether oxygens (including phenoxy) is 3. The summed E-state index contributed by atoms with van der Waals surface area (Å²) in [6.45, 7) is 7.62. The SMILES string of the molecule is C/C=C(/C)C(=O)O[C@H]1CC[N@+]2([O-])CC=C(COC(=O)[C@@](O)([C@@H](C)OC)C(C)(C)O)[C@H]12. The number of methoxy groups -OCH3 is 1. The Hall–Kier alpha value is -1.78. The second-order valence-corrected chi connectivity index (χ2v) is 8.57. The predicted octanol–water partition coefficient (Wildman–Crippen LogP) is 0.971. The first-order valence-corrected chi connectivity index (χ1v) is 10.1. The summed E-state index contributed by atoms with van der Waals surface area (Å²) in [5, 5.41) is 34.3. The van der Waals surface area contributed by atoms with Crippen LogP contribution >= 0.6 is 0 Å². The van der Waals surface area contributed by atoms with E-state index in [-0.39, 0.29) is 13.2 Å². The molecule has 1 fully saturated rings. The Morgan fingerprint density at radius 3 is 2.57 bits per heavy atom. The lowest BCUT2D eigenvalue weighted by molar-refractivity contribution is -0.877. The number of hydroxylamine groups is 3. The van der Waals surface area contributed by atoms with Crippen molar-refractivity contribution in [2.24, 2.45) is 0 Å². The van der Waals surface area contributed by atoms with Crippen LogP contribution in [0, 0.1) is 5.21 Å². The van der Waals surface area contributed by atoms with Gasteiger partial charge in [0.2, 0.25) is 5.60 Å². The summed E-state index contributed by atoms with van der Waals surface area (Å²) in [5.41, 5.74) is -3.16. The number of carbonyl (C=O) groups excluding carboxylic acids is 2. The smallest absolute Gasteiger partial charge is 0.344 e. The minimum absolute atomic E-state index is 0.193. The van der Waals surface area contributed by atoms with E-state index in [1.165, 1.54) is 27.9 Å². The summed E-state index contributed by atoms with van der Waals surface area (Å²) >= 11 is 0. The molecular formula is C21H33NO8. The fraction of sp³-hybridized carbons (Fsp3) is 0.714. The molecule has 0 spiro atoms. The van der Waals surface area contributed by atoms with Crippen LogP contribution in [0.3, 0.4) is 0 Å². The molecule has 0 aromatic carbocycles. The van der Waals surface area contributed by atoms with Gasteiger partial charge in [0, 0.05) is 24.7 Å². The fourth-order valence-electron chi connectivity index (χ4n) is 4.04. The van der Waals surface area contributed by atoms with Crippen LogP contribution < -0.4 is 0 Å². The first kappa shape index (κ1) is 24.5. The third kappa shape index (κ3) is 4.31. The average molecular weight is 427 g/mol. The Balaban J connectivity index is 2.14. The van der Waals surface area contributed by atoms with Crippen molar-refractivity contribution in [2.45, 2.75) is 70.5 Å². The maximum absolute atomic E-state index is 13.1. The maximum Gasteiger partial charge on any atom is 0.344 e. The number of hydrogen-bond donors (Lipinski definition) is 2. The van der Waals surface area contributed by atoms with E-state index < -0.39 is 46.0 Å². The van der Waals surface area contributed by atoms with E-state index in [0.717, 1.165) is 0 Å². The first-order chi connectivity index (χ1) is 13.8. The van der Waals surface area contributed by atoms with Crippen LogP contribution in [0.4, 0.5) is 0 Å². The number of hydrogen-bond acceptors (Lipinski definition) is 8. The Labute approximate surface area is 177 Å². The molecule has 0 bridgehead atoms. The maximum atomic E-state index is 13.1. The van der Waals surface area contributed by atoms with Gasteiger partial charge in [0.25, 0.3) is 0 Å². The van der Waals surface area contributed by atoms with Gasteiger partial charge in [-0.15, -0.1) is 0 Å². The third-order valence-corrected chi connectivity index (χ3v) is 6.26. The van der Waals surface area contributed by atoms with Gasteiger partial charge in [-0.25, -0.2) is 9.59 Å². The molecule has 0 aromatic heterocycles. The molecule has 2 heterocycles. The van der Waals surface area contributed by atoms with Gasteiger partial charge < -0.3 is 34.3 Å². The predicted molar refractivity (Wildman–Crippen MR) is 108 cm³/mol. The summed E-state index contributed by atoms with van der Waals surface area (Å²) in [4.78, 5) is 24.9. The lowest BCUT2D eigenvalue weighted by Crippen LogP contribution is -2.63. The van der Waals surface area contributed by atoms with Crippen molar-refractivity contribution >= 4 is 11.9 Å². The van der Waals surface area contributed by atoms with E-state index in [1.54, 1.807) is 26.0 Å². The van der Waals surface area contributed by atoms with E-state index in [4.69, 9.17) is 14.2 Å². The standard InChI is InChI=1S/C21H33NO8/c1-7-13(2)18(23)30-16-9-11-22(27)10-8-15(17(16)22)12-29-19(24)21(26,14(3)28-6)20(4,5)25/h7-8,14,16-17,25-26H,9-12H2,1-6H3/b13-7-/t14-,16+,17-,21+,22-/m1/s1. The molecule has 9 heteroatoms. The van der Waals surface area contributed by atoms with Gasteiger partial charge in [-0.2, -0.15) is 0 Å².